The van der Waals surface area contributed by atoms with E-state index in [0.717, 1.165) is 13.0 Å². The van der Waals surface area contributed by atoms with Crippen molar-refractivity contribution in [2.75, 3.05) is 11.9 Å². The Morgan fingerprint density at radius 1 is 1.45 bits per heavy atom. The molecule has 0 aliphatic heterocycles. The number of imidazole rings is 1. The second-order valence-corrected chi connectivity index (χ2v) is 4.74. The van der Waals surface area contributed by atoms with E-state index < -0.39 is 4.92 Å². The summed E-state index contributed by atoms with van der Waals surface area (Å²) in [6.07, 6.45) is 6.03. The van der Waals surface area contributed by atoms with Crippen molar-refractivity contribution < 1.29 is 9.72 Å². The fraction of sp³-hybridized carbons (Fsp3) is 0.286. The van der Waals surface area contributed by atoms with Crippen molar-refractivity contribution in [2.24, 2.45) is 0 Å². The number of carbonyl (C=O) groups excluding carboxylic acids is 1. The molecular formula is C14H17N5O3. The summed E-state index contributed by atoms with van der Waals surface area (Å²) in [4.78, 5) is 26.1. The van der Waals surface area contributed by atoms with Crippen LogP contribution in [0.5, 0.6) is 0 Å². The summed E-state index contributed by atoms with van der Waals surface area (Å²) in [6.45, 7) is 2.86. The quantitative estimate of drug-likeness (QED) is 0.485. The Bertz CT molecular complexity index is 655. The van der Waals surface area contributed by atoms with Crippen LogP contribution in [0.3, 0.4) is 0 Å². The van der Waals surface area contributed by atoms with Gasteiger partial charge in [0.2, 0.25) is 0 Å². The largest absolute Gasteiger partial charge is 0.338 e. The topological polar surface area (TPSA) is 102 Å². The third-order valence-corrected chi connectivity index (χ3v) is 3.19. The second kappa shape index (κ2) is 7.21. The number of nitro benzene ring substituents is 1. The summed E-state index contributed by atoms with van der Waals surface area (Å²) in [5, 5.41) is 16.2. The molecule has 0 saturated carbocycles. The molecule has 0 aliphatic rings. The number of carbonyl (C=O) groups is 1. The van der Waals surface area contributed by atoms with Gasteiger partial charge in [-0.2, -0.15) is 0 Å². The summed E-state index contributed by atoms with van der Waals surface area (Å²) >= 11 is 0. The SMILES string of the molecule is Cc1c(NC(=O)NCCCn2ccnc2)cccc1[N+](=O)[O-]. The van der Waals surface area contributed by atoms with E-state index in [-0.39, 0.29) is 11.7 Å². The first kappa shape index (κ1) is 15.5. The molecule has 0 aliphatic carbocycles. The van der Waals surface area contributed by atoms with E-state index in [1.54, 1.807) is 31.6 Å². The maximum Gasteiger partial charge on any atom is 0.319 e. The first-order chi connectivity index (χ1) is 10.6. The van der Waals surface area contributed by atoms with Crippen LogP contribution in [0.4, 0.5) is 16.2 Å². The molecule has 8 heteroatoms. The van der Waals surface area contributed by atoms with Crippen LogP contribution in [0.25, 0.3) is 0 Å². The summed E-state index contributed by atoms with van der Waals surface area (Å²) < 4.78 is 1.92. The zero-order chi connectivity index (χ0) is 15.9. The molecule has 116 valence electrons. The van der Waals surface area contributed by atoms with Crippen molar-refractivity contribution in [3.05, 3.63) is 52.6 Å². The Balaban J connectivity index is 1.82. The molecule has 0 unspecified atom stereocenters. The highest BCUT2D eigenvalue weighted by Gasteiger charge is 2.14. The standard InChI is InChI=1S/C14H17N5O3/c1-11-12(4-2-5-13(11)19(21)22)17-14(20)16-6-3-8-18-9-7-15-10-18/h2,4-5,7,9-10H,3,6,8H2,1H3,(H2,16,17,20). The summed E-state index contributed by atoms with van der Waals surface area (Å²) in [5.74, 6) is 0. The molecule has 2 amide bonds. The van der Waals surface area contributed by atoms with Gasteiger partial charge in [0.25, 0.3) is 5.69 Å². The molecule has 0 radical (unpaired) electrons. The molecule has 0 bridgehead atoms. The maximum atomic E-state index is 11.8. The number of rotatable bonds is 6. The third-order valence-electron chi connectivity index (χ3n) is 3.19. The number of benzene rings is 1. The summed E-state index contributed by atoms with van der Waals surface area (Å²) in [7, 11) is 0. The Kier molecular flexibility index (Phi) is 5.07. The van der Waals surface area contributed by atoms with Gasteiger partial charge in [-0.05, 0) is 19.4 Å². The van der Waals surface area contributed by atoms with Gasteiger partial charge in [-0.25, -0.2) is 9.78 Å². The van der Waals surface area contributed by atoms with Crippen LogP contribution < -0.4 is 10.6 Å². The van der Waals surface area contributed by atoms with E-state index in [1.807, 2.05) is 10.8 Å². The van der Waals surface area contributed by atoms with E-state index in [4.69, 9.17) is 0 Å². The highest BCUT2D eigenvalue weighted by molar-refractivity contribution is 5.90. The van der Waals surface area contributed by atoms with E-state index in [9.17, 15) is 14.9 Å². The minimum absolute atomic E-state index is 0.0158. The smallest absolute Gasteiger partial charge is 0.319 e. The second-order valence-electron chi connectivity index (χ2n) is 4.74. The first-order valence-electron chi connectivity index (χ1n) is 6.82. The monoisotopic (exact) mass is 303 g/mol. The molecule has 0 fully saturated rings. The number of hydrogen-bond acceptors (Lipinski definition) is 4. The Morgan fingerprint density at radius 2 is 2.27 bits per heavy atom. The van der Waals surface area contributed by atoms with Gasteiger partial charge >= 0.3 is 6.03 Å². The van der Waals surface area contributed by atoms with Gasteiger partial charge in [-0.1, -0.05) is 6.07 Å². The van der Waals surface area contributed by atoms with Crippen molar-refractivity contribution in [2.45, 2.75) is 19.9 Å². The van der Waals surface area contributed by atoms with Gasteiger partial charge in [0.15, 0.2) is 0 Å². The number of amides is 2. The maximum absolute atomic E-state index is 11.8. The van der Waals surface area contributed by atoms with Crippen molar-refractivity contribution in [1.82, 2.24) is 14.9 Å². The van der Waals surface area contributed by atoms with Crippen LogP contribution in [-0.4, -0.2) is 27.1 Å². The van der Waals surface area contributed by atoms with Gasteiger partial charge in [-0.15, -0.1) is 0 Å². The van der Waals surface area contributed by atoms with Gasteiger partial charge in [0, 0.05) is 31.5 Å². The molecule has 1 aromatic carbocycles. The molecule has 0 atom stereocenters. The van der Waals surface area contributed by atoms with Crippen LogP contribution in [0.2, 0.25) is 0 Å². The fourth-order valence-electron chi connectivity index (χ4n) is 2.01. The number of hydrogen-bond donors (Lipinski definition) is 2. The summed E-state index contributed by atoms with van der Waals surface area (Å²) in [5.41, 5.74) is 0.847. The molecule has 8 nitrogen and oxygen atoms in total. The lowest BCUT2D eigenvalue weighted by molar-refractivity contribution is -0.385. The molecule has 0 saturated heterocycles. The number of urea groups is 1. The van der Waals surface area contributed by atoms with Crippen molar-refractivity contribution in [3.8, 4) is 0 Å². The third kappa shape index (κ3) is 4.05. The van der Waals surface area contributed by atoms with Crippen LogP contribution in [0.1, 0.15) is 12.0 Å². The number of nitro groups is 1. The molecule has 1 aromatic heterocycles. The highest BCUT2D eigenvalue weighted by Crippen LogP contribution is 2.24. The number of aryl methyl sites for hydroxylation is 1. The molecule has 22 heavy (non-hydrogen) atoms. The average molecular weight is 303 g/mol. The normalized spacial score (nSPS) is 10.2. The lowest BCUT2D eigenvalue weighted by atomic mass is 10.1. The van der Waals surface area contributed by atoms with E-state index in [1.165, 1.54) is 6.07 Å². The predicted octanol–water partition coefficient (Wildman–Crippen LogP) is 2.31. The number of nitrogens with zero attached hydrogens (tertiary/aromatic N) is 3. The van der Waals surface area contributed by atoms with Gasteiger partial charge in [0.05, 0.1) is 22.5 Å². The Labute approximate surface area is 127 Å². The zero-order valence-corrected chi connectivity index (χ0v) is 12.2. The van der Waals surface area contributed by atoms with Crippen LogP contribution >= 0.6 is 0 Å². The Morgan fingerprint density at radius 3 is 2.95 bits per heavy atom. The molecule has 2 N–H and O–H groups in total. The fourth-order valence-corrected chi connectivity index (χ4v) is 2.01. The summed E-state index contributed by atoms with van der Waals surface area (Å²) in [6, 6.07) is 4.20. The minimum Gasteiger partial charge on any atom is -0.338 e. The van der Waals surface area contributed by atoms with E-state index >= 15 is 0 Å². The number of aromatic nitrogens is 2. The average Bonchev–Trinajstić information content (AvgIpc) is 2.99. The van der Waals surface area contributed by atoms with Crippen molar-refractivity contribution in [1.29, 1.82) is 0 Å². The minimum atomic E-state index is -0.469. The predicted molar refractivity (Wildman–Crippen MR) is 81.7 cm³/mol. The highest BCUT2D eigenvalue weighted by atomic mass is 16.6. The molecule has 1 heterocycles. The van der Waals surface area contributed by atoms with Crippen LogP contribution in [0.15, 0.2) is 36.9 Å². The lowest BCUT2D eigenvalue weighted by Crippen LogP contribution is -2.30. The molecule has 2 rings (SSSR count). The van der Waals surface area contributed by atoms with E-state index in [2.05, 4.69) is 15.6 Å². The number of nitrogens with one attached hydrogen (secondary N) is 2. The van der Waals surface area contributed by atoms with Gasteiger partial charge in [0.1, 0.15) is 0 Å². The van der Waals surface area contributed by atoms with Crippen LogP contribution in [-0.2, 0) is 6.54 Å². The molecule has 0 spiro atoms. The van der Waals surface area contributed by atoms with Crippen molar-refractivity contribution in [3.63, 3.8) is 0 Å². The van der Waals surface area contributed by atoms with Crippen LogP contribution in [0, 0.1) is 17.0 Å². The van der Waals surface area contributed by atoms with Gasteiger partial charge < -0.3 is 15.2 Å². The lowest BCUT2D eigenvalue weighted by Gasteiger charge is -2.10. The van der Waals surface area contributed by atoms with E-state index in [0.29, 0.717) is 17.8 Å². The molecular weight excluding hydrogens is 286 g/mol. The van der Waals surface area contributed by atoms with Gasteiger partial charge in [-0.3, -0.25) is 10.1 Å². The van der Waals surface area contributed by atoms with Crippen molar-refractivity contribution >= 4 is 17.4 Å². The zero-order valence-electron chi connectivity index (χ0n) is 12.2. The Hall–Kier alpha value is -2.90. The first-order valence-corrected chi connectivity index (χ1v) is 6.82. The number of anilines is 1. The molecule has 2 aromatic rings.